The van der Waals surface area contributed by atoms with E-state index in [-0.39, 0.29) is 23.8 Å². The molecule has 0 bridgehead atoms. The van der Waals surface area contributed by atoms with Crippen molar-refractivity contribution < 1.29 is 9.18 Å². The Kier molecular flexibility index (Phi) is 5.39. The zero-order valence-electron chi connectivity index (χ0n) is 16.9. The molecule has 0 saturated carbocycles. The molecule has 1 fully saturated rings. The predicted octanol–water partition coefficient (Wildman–Crippen LogP) is 1.29. The van der Waals surface area contributed by atoms with Gasteiger partial charge >= 0.3 is 0 Å². The zero-order valence-corrected chi connectivity index (χ0v) is 16.9. The van der Waals surface area contributed by atoms with E-state index >= 15 is 0 Å². The highest BCUT2D eigenvalue weighted by atomic mass is 19.1. The van der Waals surface area contributed by atoms with Gasteiger partial charge < -0.3 is 10.2 Å². The fourth-order valence-corrected chi connectivity index (χ4v) is 4.08. The molecule has 0 spiro atoms. The fraction of sp³-hybridized carbons (Fsp3) is 0.348. The molecule has 1 amide bonds. The maximum atomic E-state index is 13.7. The molecule has 2 aromatic carbocycles. The SMILES string of the molecule is Cc1ccc(F)cc1-c1ccc2c(c1)=CNC(N(N)C(=O)C1CCN(C)CC1)C=2. The van der Waals surface area contributed by atoms with Gasteiger partial charge in [-0.3, -0.25) is 9.80 Å². The van der Waals surface area contributed by atoms with Crippen LogP contribution >= 0.6 is 0 Å². The van der Waals surface area contributed by atoms with Gasteiger partial charge in [-0.25, -0.2) is 10.2 Å². The van der Waals surface area contributed by atoms with E-state index in [1.54, 1.807) is 12.1 Å². The highest BCUT2D eigenvalue weighted by molar-refractivity contribution is 5.79. The number of rotatable bonds is 3. The molecule has 152 valence electrons. The topological polar surface area (TPSA) is 61.6 Å². The van der Waals surface area contributed by atoms with E-state index in [0.717, 1.165) is 53.1 Å². The number of carbonyl (C=O) groups excluding carboxylic acids is 1. The number of piperidine rings is 1. The Bertz CT molecular complexity index is 1040. The van der Waals surface area contributed by atoms with E-state index in [1.165, 1.54) is 11.1 Å². The second kappa shape index (κ2) is 7.97. The van der Waals surface area contributed by atoms with Crippen LogP contribution in [0.15, 0.2) is 36.4 Å². The number of hydrogen-bond donors (Lipinski definition) is 2. The molecular formula is C23H27FN4O. The summed E-state index contributed by atoms with van der Waals surface area (Å²) in [5.41, 5.74) is 2.85. The lowest BCUT2D eigenvalue weighted by Crippen LogP contribution is -2.56. The summed E-state index contributed by atoms with van der Waals surface area (Å²) in [5.74, 6) is 5.90. The van der Waals surface area contributed by atoms with Crippen molar-refractivity contribution in [3.63, 3.8) is 0 Å². The maximum Gasteiger partial charge on any atom is 0.241 e. The van der Waals surface area contributed by atoms with Gasteiger partial charge in [0.25, 0.3) is 0 Å². The molecule has 1 atom stereocenters. The van der Waals surface area contributed by atoms with Gasteiger partial charge in [0.2, 0.25) is 5.91 Å². The number of halogens is 1. The summed E-state index contributed by atoms with van der Waals surface area (Å²) in [6.07, 6.45) is 5.14. The number of nitrogens with one attached hydrogen (secondary N) is 1. The molecule has 2 aliphatic heterocycles. The Morgan fingerprint density at radius 3 is 2.69 bits per heavy atom. The van der Waals surface area contributed by atoms with E-state index in [2.05, 4.69) is 17.3 Å². The minimum absolute atomic E-state index is 0.0179. The van der Waals surface area contributed by atoms with Crippen LogP contribution in [0.25, 0.3) is 23.4 Å². The Balaban J connectivity index is 1.56. The van der Waals surface area contributed by atoms with E-state index < -0.39 is 0 Å². The predicted molar refractivity (Wildman–Crippen MR) is 113 cm³/mol. The molecule has 0 aliphatic carbocycles. The molecule has 1 unspecified atom stereocenters. The van der Waals surface area contributed by atoms with Crippen molar-refractivity contribution in [1.82, 2.24) is 15.2 Å². The number of aryl methyl sites for hydroxylation is 1. The molecule has 4 rings (SSSR count). The molecule has 29 heavy (non-hydrogen) atoms. The Labute approximate surface area is 170 Å². The summed E-state index contributed by atoms with van der Waals surface area (Å²) < 4.78 is 13.7. The maximum absolute atomic E-state index is 13.7. The highest BCUT2D eigenvalue weighted by Crippen LogP contribution is 2.23. The third kappa shape index (κ3) is 4.04. The van der Waals surface area contributed by atoms with Gasteiger partial charge in [-0.05, 0) is 91.3 Å². The Morgan fingerprint density at radius 2 is 1.93 bits per heavy atom. The third-order valence-electron chi connectivity index (χ3n) is 5.97. The van der Waals surface area contributed by atoms with E-state index in [0.29, 0.717) is 0 Å². The number of hydrogen-bond acceptors (Lipinski definition) is 4. The van der Waals surface area contributed by atoms with Gasteiger partial charge in [0, 0.05) is 12.1 Å². The lowest BCUT2D eigenvalue weighted by atomic mass is 9.95. The number of likely N-dealkylation sites (tertiary alicyclic amines) is 1. The second-order valence-electron chi connectivity index (χ2n) is 8.05. The normalized spacial score (nSPS) is 19.5. The van der Waals surface area contributed by atoms with Crippen LogP contribution in [0.5, 0.6) is 0 Å². The number of hydrazine groups is 1. The van der Waals surface area contributed by atoms with Crippen LogP contribution < -0.4 is 21.6 Å². The molecule has 0 radical (unpaired) electrons. The number of carbonyl (C=O) groups is 1. The van der Waals surface area contributed by atoms with Crippen LogP contribution in [0.1, 0.15) is 18.4 Å². The molecule has 0 aromatic heterocycles. The average molecular weight is 394 g/mol. The van der Waals surface area contributed by atoms with Crippen LogP contribution in [0, 0.1) is 18.7 Å². The number of amides is 1. The van der Waals surface area contributed by atoms with Crippen LogP contribution in [0.4, 0.5) is 4.39 Å². The van der Waals surface area contributed by atoms with Gasteiger partial charge in [-0.1, -0.05) is 18.2 Å². The second-order valence-corrected chi connectivity index (χ2v) is 8.05. The van der Waals surface area contributed by atoms with E-state index in [4.69, 9.17) is 5.84 Å². The van der Waals surface area contributed by atoms with E-state index in [1.807, 2.05) is 37.4 Å². The molecule has 3 N–H and O–H groups in total. The number of nitrogens with two attached hydrogens (primary N) is 1. The Hall–Kier alpha value is -2.70. The number of fused-ring (bicyclic) bond motifs is 1. The first kappa shape index (κ1) is 19.6. The smallest absolute Gasteiger partial charge is 0.241 e. The molecular weight excluding hydrogens is 367 g/mol. The average Bonchev–Trinajstić information content (AvgIpc) is 2.74. The summed E-state index contributed by atoms with van der Waals surface area (Å²) in [6, 6.07) is 10.8. The molecule has 2 heterocycles. The van der Waals surface area contributed by atoms with Gasteiger partial charge in [0.1, 0.15) is 12.0 Å². The van der Waals surface area contributed by atoms with Crippen molar-refractivity contribution in [1.29, 1.82) is 0 Å². The van der Waals surface area contributed by atoms with Gasteiger partial charge in [-0.2, -0.15) is 0 Å². The summed E-state index contributed by atoms with van der Waals surface area (Å²) >= 11 is 0. The zero-order chi connectivity index (χ0) is 20.5. The lowest BCUT2D eigenvalue weighted by Gasteiger charge is -2.33. The van der Waals surface area contributed by atoms with Crippen molar-refractivity contribution in [2.45, 2.75) is 25.9 Å². The Morgan fingerprint density at radius 1 is 1.17 bits per heavy atom. The minimum Gasteiger partial charge on any atom is -0.366 e. The molecule has 6 heteroatoms. The van der Waals surface area contributed by atoms with Crippen molar-refractivity contribution >= 4 is 18.2 Å². The molecule has 2 aromatic rings. The lowest BCUT2D eigenvalue weighted by molar-refractivity contribution is -0.138. The van der Waals surface area contributed by atoms with Crippen LogP contribution in [-0.2, 0) is 4.79 Å². The molecule has 1 saturated heterocycles. The summed E-state index contributed by atoms with van der Waals surface area (Å²) in [4.78, 5) is 15.0. The van der Waals surface area contributed by atoms with Crippen LogP contribution in [0.3, 0.4) is 0 Å². The first-order valence-electron chi connectivity index (χ1n) is 10.0. The highest BCUT2D eigenvalue weighted by Gasteiger charge is 2.29. The molecule has 2 aliphatic rings. The quantitative estimate of drug-likeness (QED) is 0.468. The van der Waals surface area contributed by atoms with E-state index in [9.17, 15) is 9.18 Å². The van der Waals surface area contributed by atoms with Gasteiger partial charge in [0.15, 0.2) is 0 Å². The fourth-order valence-electron chi connectivity index (χ4n) is 4.08. The summed E-state index contributed by atoms with van der Waals surface area (Å²) in [6.45, 7) is 3.81. The number of nitrogens with zero attached hydrogens (tertiary/aromatic N) is 2. The largest absolute Gasteiger partial charge is 0.366 e. The third-order valence-corrected chi connectivity index (χ3v) is 5.97. The monoisotopic (exact) mass is 394 g/mol. The molecule has 5 nitrogen and oxygen atoms in total. The van der Waals surface area contributed by atoms with Crippen molar-refractivity contribution in [2.75, 3.05) is 20.1 Å². The van der Waals surface area contributed by atoms with Crippen molar-refractivity contribution in [2.24, 2.45) is 11.8 Å². The number of benzene rings is 2. The van der Waals surface area contributed by atoms with Gasteiger partial charge in [-0.15, -0.1) is 0 Å². The van der Waals surface area contributed by atoms with Crippen molar-refractivity contribution in [3.05, 3.63) is 58.2 Å². The summed E-state index contributed by atoms with van der Waals surface area (Å²) in [5, 5.41) is 6.53. The first-order chi connectivity index (χ1) is 13.9. The minimum atomic E-state index is -0.378. The summed E-state index contributed by atoms with van der Waals surface area (Å²) in [7, 11) is 2.07. The standard InChI is InChI=1S/C23H27FN4O/c1-15-3-6-20(24)13-21(15)18-5-4-17-12-22(26-14-19(17)11-18)28(25)23(29)16-7-9-27(2)10-8-16/h3-6,11-14,16,22,26H,7-10,25H2,1-2H3. The van der Waals surface area contributed by atoms with Crippen LogP contribution in [-0.4, -0.2) is 42.1 Å². The van der Waals surface area contributed by atoms with Crippen LogP contribution in [0.2, 0.25) is 0 Å². The first-order valence-corrected chi connectivity index (χ1v) is 10.0. The van der Waals surface area contributed by atoms with Gasteiger partial charge in [0.05, 0.1) is 0 Å². The van der Waals surface area contributed by atoms with Crippen molar-refractivity contribution in [3.8, 4) is 11.1 Å².